The van der Waals surface area contributed by atoms with Crippen molar-refractivity contribution in [2.75, 3.05) is 7.04 Å². The van der Waals surface area contributed by atoms with Gasteiger partial charge in [0.15, 0.2) is 5.65 Å². The van der Waals surface area contributed by atoms with Crippen molar-refractivity contribution in [3.05, 3.63) is 28.1 Å². The second-order valence-electron chi connectivity index (χ2n) is 5.44. The van der Waals surface area contributed by atoms with Gasteiger partial charge in [0.25, 0.3) is 5.91 Å². The molecule has 25 heavy (non-hydrogen) atoms. The third-order valence-corrected chi connectivity index (χ3v) is 4.51. The third kappa shape index (κ3) is 3.93. The first kappa shape index (κ1) is 14.4. The highest BCUT2D eigenvalue weighted by Gasteiger charge is 2.40. The summed E-state index contributed by atoms with van der Waals surface area (Å²) in [5, 5.41) is 6.76. The van der Waals surface area contributed by atoms with E-state index in [0.29, 0.717) is 4.47 Å². The number of ether oxygens (including phenoxy) is 2. The summed E-state index contributed by atoms with van der Waals surface area (Å²) in [6, 6.07) is 0.929. The molecule has 1 amide bonds. The van der Waals surface area contributed by atoms with Crippen LogP contribution in [-0.2, 0) is 16.1 Å². The number of carbonyl (C=O) groups excluding carboxylic acids is 1. The monoisotopic (exact) mass is 425 g/mol. The lowest BCUT2D eigenvalue weighted by atomic mass is 9.89. The first-order chi connectivity index (χ1) is 12.9. The molecule has 136 valence electrons. The van der Waals surface area contributed by atoms with Crippen molar-refractivity contribution in [3.8, 4) is 0 Å². The number of methoxy groups -OCH3 is 1. The number of nitrogens with one attached hydrogen (secondary N) is 1. The zero-order valence-electron chi connectivity index (χ0n) is 15.5. The predicted octanol–water partition coefficient (Wildman–Crippen LogP) is 2.44. The van der Waals surface area contributed by atoms with Crippen molar-refractivity contribution in [1.29, 1.82) is 0 Å². The lowest BCUT2D eigenvalue weighted by Gasteiger charge is -2.35. The van der Waals surface area contributed by atoms with Crippen molar-refractivity contribution >= 4 is 27.5 Å². The molecule has 11 heteroatoms. The van der Waals surface area contributed by atoms with Crippen LogP contribution in [0.2, 0.25) is 0 Å². The Bertz CT molecular complexity index is 884. The average molecular weight is 426 g/mol. The van der Waals surface area contributed by atoms with E-state index in [1.807, 2.05) is 0 Å². The first-order valence-corrected chi connectivity index (χ1v) is 7.94. The largest absolute Gasteiger partial charge is 0.522 e. The van der Waals surface area contributed by atoms with E-state index in [-0.39, 0.29) is 36.5 Å². The first-order valence-electron chi connectivity index (χ1n) is 8.64. The maximum absolute atomic E-state index is 12.5. The quantitative estimate of drug-likeness (QED) is 0.795. The molecule has 3 rings (SSSR count). The van der Waals surface area contributed by atoms with E-state index >= 15 is 0 Å². The van der Waals surface area contributed by atoms with Crippen molar-refractivity contribution in [3.63, 3.8) is 0 Å². The topological polar surface area (TPSA) is 77.8 Å². The molecule has 2 aromatic heterocycles. The molecule has 1 aliphatic carbocycles. The van der Waals surface area contributed by atoms with Gasteiger partial charge in [0.1, 0.15) is 11.4 Å². The molecule has 0 atom stereocenters. The Kier molecular flexibility index (Phi) is 3.98. The van der Waals surface area contributed by atoms with Crippen LogP contribution in [0, 0.1) is 0 Å². The fraction of sp³-hybridized carbons (Fsp3) is 0.500. The predicted molar refractivity (Wildman–Crippen MR) is 82.8 cm³/mol. The number of carbonyl (C=O) groups is 1. The fourth-order valence-electron chi connectivity index (χ4n) is 2.52. The Morgan fingerprint density at radius 3 is 3.00 bits per heavy atom. The van der Waals surface area contributed by atoms with E-state index in [1.165, 1.54) is 16.8 Å². The number of nitrogens with zero attached hydrogens (tertiary/aromatic N) is 3. The molecule has 1 aliphatic rings. The molecule has 2 heterocycles. The van der Waals surface area contributed by atoms with Gasteiger partial charge in [-0.05, 0) is 34.8 Å². The maximum atomic E-state index is 12.5. The Morgan fingerprint density at radius 2 is 2.32 bits per heavy atom. The van der Waals surface area contributed by atoms with E-state index in [0.717, 1.165) is 0 Å². The number of hydrogen-bond acceptors (Lipinski definition) is 5. The molecule has 0 aliphatic heterocycles. The summed E-state index contributed by atoms with van der Waals surface area (Å²) < 4.78 is 67.9. The Balaban J connectivity index is 1.70. The minimum absolute atomic E-state index is 0.0416. The number of hydrogen-bond donors (Lipinski definition) is 1. The molecule has 0 radical (unpaired) electrons. The summed E-state index contributed by atoms with van der Waals surface area (Å²) in [6.45, 7) is -0.333. The highest BCUT2D eigenvalue weighted by molar-refractivity contribution is 9.10. The highest BCUT2D eigenvalue weighted by atomic mass is 79.9. The van der Waals surface area contributed by atoms with E-state index in [4.69, 9.17) is 8.85 Å². The lowest BCUT2D eigenvalue weighted by Crippen LogP contribution is -2.49. The maximum Gasteiger partial charge on any atom is 0.522 e. The van der Waals surface area contributed by atoms with Crippen LogP contribution in [0.25, 0.3) is 5.65 Å². The Hall–Kier alpha value is -1.72. The SMILES string of the molecule is [2H]C([2H])([2H])OCc1nn2c(C(=O)NC3CC(OC(F)(F)F)C3)ccnc2c1Br. The molecule has 0 saturated heterocycles. The number of amides is 1. The third-order valence-electron chi connectivity index (χ3n) is 3.70. The highest BCUT2D eigenvalue weighted by Crippen LogP contribution is 2.30. The average Bonchev–Trinajstić information content (AvgIpc) is 2.85. The fourth-order valence-corrected chi connectivity index (χ4v) is 2.99. The van der Waals surface area contributed by atoms with Gasteiger partial charge in [-0.2, -0.15) is 5.10 Å². The molecule has 0 aromatic carbocycles. The van der Waals surface area contributed by atoms with Gasteiger partial charge in [-0.25, -0.2) is 9.50 Å². The van der Waals surface area contributed by atoms with Crippen LogP contribution in [0.4, 0.5) is 13.2 Å². The van der Waals surface area contributed by atoms with Gasteiger partial charge in [0.2, 0.25) is 0 Å². The van der Waals surface area contributed by atoms with Gasteiger partial charge in [0, 0.05) is 19.3 Å². The molecule has 0 spiro atoms. The molecule has 7 nitrogen and oxygen atoms in total. The minimum atomic E-state index is -4.70. The van der Waals surface area contributed by atoms with Gasteiger partial charge in [0.05, 0.1) is 21.3 Å². The zero-order valence-corrected chi connectivity index (χ0v) is 14.1. The van der Waals surface area contributed by atoms with Gasteiger partial charge in [-0.15, -0.1) is 13.2 Å². The van der Waals surface area contributed by atoms with Gasteiger partial charge in [-0.1, -0.05) is 0 Å². The van der Waals surface area contributed by atoms with E-state index in [1.54, 1.807) is 0 Å². The van der Waals surface area contributed by atoms with Crippen molar-refractivity contribution < 1.29 is 31.6 Å². The number of halogens is 4. The van der Waals surface area contributed by atoms with Crippen LogP contribution in [0.3, 0.4) is 0 Å². The Labute approximate surface area is 152 Å². The van der Waals surface area contributed by atoms with Crippen molar-refractivity contribution in [1.82, 2.24) is 19.9 Å². The summed E-state index contributed by atoms with van der Waals surface area (Å²) in [6.07, 6.45) is -4.24. The van der Waals surface area contributed by atoms with E-state index < -0.39 is 31.5 Å². The normalized spacial score (nSPS) is 22.8. The van der Waals surface area contributed by atoms with Crippen LogP contribution in [0.15, 0.2) is 16.7 Å². The van der Waals surface area contributed by atoms with E-state index in [2.05, 4.69) is 36.1 Å². The van der Waals surface area contributed by atoms with Crippen molar-refractivity contribution in [2.24, 2.45) is 0 Å². The molecule has 1 fully saturated rings. The molecular formula is C14H14BrF3N4O3. The molecule has 1 saturated carbocycles. The number of rotatable bonds is 5. The molecule has 2 aromatic rings. The Morgan fingerprint density at radius 1 is 1.56 bits per heavy atom. The van der Waals surface area contributed by atoms with Crippen LogP contribution < -0.4 is 5.32 Å². The van der Waals surface area contributed by atoms with Crippen LogP contribution in [0.1, 0.15) is 33.1 Å². The summed E-state index contributed by atoms with van der Waals surface area (Å²) in [5.41, 5.74) is 0.584. The number of alkyl halides is 3. The van der Waals surface area contributed by atoms with Crippen molar-refractivity contribution in [2.45, 2.75) is 38.0 Å². The van der Waals surface area contributed by atoms with Gasteiger partial charge >= 0.3 is 6.36 Å². The van der Waals surface area contributed by atoms with Gasteiger partial charge in [-0.3, -0.25) is 9.53 Å². The summed E-state index contributed by atoms with van der Waals surface area (Å²) in [5.74, 6) is -0.554. The lowest BCUT2D eigenvalue weighted by molar-refractivity contribution is -0.351. The van der Waals surface area contributed by atoms with Crippen LogP contribution in [0.5, 0.6) is 0 Å². The second kappa shape index (κ2) is 6.89. The van der Waals surface area contributed by atoms with Crippen LogP contribution >= 0.6 is 15.9 Å². The minimum Gasteiger partial charge on any atom is -0.378 e. The van der Waals surface area contributed by atoms with E-state index in [9.17, 15) is 18.0 Å². The molecule has 0 bridgehead atoms. The standard InChI is InChI=1S/C14H14BrF3N4O3/c1-24-6-9-11(15)12-19-3-2-10(22(12)21-9)13(23)20-7-4-8(5-7)25-14(16,17)18/h2-3,7-8H,4-6H2,1H3,(H,20,23)/i1D3. The van der Waals surface area contributed by atoms with Crippen LogP contribution in [-0.4, -0.2) is 46.1 Å². The summed E-state index contributed by atoms with van der Waals surface area (Å²) in [7, 11) is -2.61. The van der Waals surface area contributed by atoms with Gasteiger partial charge < -0.3 is 10.1 Å². The zero-order chi connectivity index (χ0) is 20.7. The number of aromatic nitrogens is 3. The number of fused-ring (bicyclic) bond motifs is 1. The smallest absolute Gasteiger partial charge is 0.378 e. The second-order valence-corrected chi connectivity index (χ2v) is 6.24. The molecule has 1 N–H and O–H groups in total. The molecule has 0 unspecified atom stereocenters. The summed E-state index contributed by atoms with van der Waals surface area (Å²) in [4.78, 5) is 16.6. The summed E-state index contributed by atoms with van der Waals surface area (Å²) >= 11 is 3.25. The molecular weight excluding hydrogens is 409 g/mol.